The minimum absolute atomic E-state index is 0.0204. The van der Waals surface area contributed by atoms with Crippen LogP contribution in [0.3, 0.4) is 0 Å². The average Bonchev–Trinajstić information content (AvgIpc) is 2.55. The van der Waals surface area contributed by atoms with Gasteiger partial charge in [-0.05, 0) is 18.6 Å². The summed E-state index contributed by atoms with van der Waals surface area (Å²) in [5, 5.41) is 9.35. The van der Waals surface area contributed by atoms with E-state index in [1.165, 1.54) is 19.3 Å². The fourth-order valence-corrected chi connectivity index (χ4v) is 3.01. The fourth-order valence-electron chi connectivity index (χ4n) is 3.01. The topological polar surface area (TPSA) is 63.0 Å². The smallest absolute Gasteiger partial charge is 0.178 e. The number of hydrogen-bond donors (Lipinski definition) is 0. The van der Waals surface area contributed by atoms with Crippen molar-refractivity contribution in [1.29, 1.82) is 5.26 Å². The molecule has 2 rings (SSSR count). The van der Waals surface area contributed by atoms with Crippen LogP contribution >= 0.6 is 0 Å². The third-order valence-electron chi connectivity index (χ3n) is 4.18. The van der Waals surface area contributed by atoms with Gasteiger partial charge in [-0.1, -0.05) is 39.5 Å². The summed E-state index contributed by atoms with van der Waals surface area (Å²) in [4.78, 5) is 16.6. The minimum atomic E-state index is -1.11. The number of rotatable bonds is 2. The molecule has 0 saturated heterocycles. The molecule has 0 N–H and O–H groups in total. The number of allylic oxidation sites excluding steroid dienone is 1. The molecule has 4 nitrogen and oxygen atoms in total. The highest BCUT2D eigenvalue weighted by atomic mass is 19.1. The lowest BCUT2D eigenvalue weighted by molar-refractivity contribution is -0.128. The number of ketones is 1. The van der Waals surface area contributed by atoms with Crippen molar-refractivity contribution in [1.82, 2.24) is 4.98 Å². The molecule has 0 spiro atoms. The number of halogens is 1. The maximum Gasteiger partial charge on any atom is 0.178 e. The van der Waals surface area contributed by atoms with Crippen molar-refractivity contribution in [2.45, 2.75) is 39.7 Å². The molecule has 5 heteroatoms. The monoisotopic (exact) mass is 340 g/mol. The van der Waals surface area contributed by atoms with E-state index in [1.807, 2.05) is 19.9 Å². The first-order chi connectivity index (χ1) is 11.6. The molecule has 1 heterocycles. The van der Waals surface area contributed by atoms with Crippen LogP contribution in [0.4, 0.5) is 4.39 Å². The standard InChI is InChI=1S/C20H21FN2O2/c1-13(2)6-7-14-8-16(21)11-23-17(14)20(25-5)9-15(10-22)18(24)19(3,4)12-20/h8-9,11,13H,12H2,1-5H3. The molecule has 0 radical (unpaired) electrons. The molecular weight excluding hydrogens is 319 g/mol. The van der Waals surface area contributed by atoms with Crippen LogP contribution in [-0.4, -0.2) is 17.9 Å². The van der Waals surface area contributed by atoms with Crippen LogP contribution < -0.4 is 0 Å². The lowest BCUT2D eigenvalue weighted by atomic mass is 9.68. The van der Waals surface area contributed by atoms with Crippen molar-refractivity contribution in [2.75, 3.05) is 7.11 Å². The van der Waals surface area contributed by atoms with Crippen molar-refractivity contribution < 1.29 is 13.9 Å². The van der Waals surface area contributed by atoms with E-state index in [0.717, 1.165) is 6.20 Å². The number of nitriles is 1. The van der Waals surface area contributed by atoms with Crippen LogP contribution in [0.2, 0.25) is 0 Å². The van der Waals surface area contributed by atoms with Gasteiger partial charge < -0.3 is 4.74 Å². The second kappa shape index (κ2) is 6.78. The van der Waals surface area contributed by atoms with E-state index in [9.17, 15) is 14.4 Å². The van der Waals surface area contributed by atoms with Crippen molar-refractivity contribution in [3.8, 4) is 17.9 Å². The van der Waals surface area contributed by atoms with Gasteiger partial charge in [-0.3, -0.25) is 9.78 Å². The number of hydrogen-bond acceptors (Lipinski definition) is 4. The number of carbonyl (C=O) groups excluding carboxylic acids is 1. The molecular formula is C20H21FN2O2. The number of nitrogens with zero attached hydrogens (tertiary/aromatic N) is 2. The lowest BCUT2D eigenvalue weighted by Gasteiger charge is -2.40. The van der Waals surface area contributed by atoms with Crippen LogP contribution in [0.5, 0.6) is 0 Å². The van der Waals surface area contributed by atoms with Gasteiger partial charge >= 0.3 is 0 Å². The van der Waals surface area contributed by atoms with E-state index in [2.05, 4.69) is 16.8 Å². The van der Waals surface area contributed by atoms with Crippen LogP contribution in [0.25, 0.3) is 0 Å². The normalized spacial score (nSPS) is 22.0. The molecule has 1 atom stereocenters. The third kappa shape index (κ3) is 3.62. The van der Waals surface area contributed by atoms with Crippen molar-refractivity contribution in [3.05, 3.63) is 41.0 Å². The largest absolute Gasteiger partial charge is 0.368 e. The number of aromatic nitrogens is 1. The van der Waals surface area contributed by atoms with E-state index in [1.54, 1.807) is 13.8 Å². The zero-order valence-corrected chi connectivity index (χ0v) is 15.1. The molecule has 1 aromatic heterocycles. The second-order valence-corrected chi connectivity index (χ2v) is 7.13. The summed E-state index contributed by atoms with van der Waals surface area (Å²) in [5.74, 6) is 5.31. The van der Waals surface area contributed by atoms with Gasteiger partial charge in [-0.15, -0.1) is 0 Å². The molecule has 130 valence electrons. The Balaban J connectivity index is 2.74. The molecule has 0 bridgehead atoms. The Bertz CT molecular complexity index is 837. The second-order valence-electron chi connectivity index (χ2n) is 7.13. The summed E-state index contributed by atoms with van der Waals surface area (Å²) in [5.41, 5.74) is -1.09. The summed E-state index contributed by atoms with van der Waals surface area (Å²) in [6, 6.07) is 3.25. The summed E-state index contributed by atoms with van der Waals surface area (Å²) >= 11 is 0. The Labute approximate surface area is 147 Å². The number of carbonyl (C=O) groups is 1. The van der Waals surface area contributed by atoms with Crippen molar-refractivity contribution >= 4 is 5.78 Å². The molecule has 0 amide bonds. The quantitative estimate of drug-likeness (QED) is 0.773. The van der Waals surface area contributed by atoms with Crippen LogP contribution in [-0.2, 0) is 15.1 Å². The molecule has 0 aromatic carbocycles. The summed E-state index contributed by atoms with van der Waals surface area (Å²) in [6.45, 7) is 7.38. The Kier molecular flexibility index (Phi) is 5.11. The maximum atomic E-state index is 13.7. The van der Waals surface area contributed by atoms with Gasteiger partial charge in [0.25, 0.3) is 0 Å². The predicted molar refractivity (Wildman–Crippen MR) is 91.7 cm³/mol. The zero-order chi connectivity index (χ0) is 18.8. The summed E-state index contributed by atoms with van der Waals surface area (Å²) in [7, 11) is 1.49. The Morgan fingerprint density at radius 3 is 2.64 bits per heavy atom. The van der Waals surface area contributed by atoms with E-state index < -0.39 is 16.8 Å². The van der Waals surface area contributed by atoms with Gasteiger partial charge in [0.05, 0.1) is 23.0 Å². The summed E-state index contributed by atoms with van der Waals surface area (Å²) < 4.78 is 19.5. The first-order valence-corrected chi connectivity index (χ1v) is 8.05. The first kappa shape index (κ1) is 18.8. The van der Waals surface area contributed by atoms with Gasteiger partial charge in [-0.2, -0.15) is 5.26 Å². The highest BCUT2D eigenvalue weighted by Gasteiger charge is 2.48. The van der Waals surface area contributed by atoms with Gasteiger partial charge in [0, 0.05) is 18.4 Å². The molecule has 1 aliphatic rings. The van der Waals surface area contributed by atoms with Crippen molar-refractivity contribution in [2.24, 2.45) is 11.3 Å². The summed E-state index contributed by atoms with van der Waals surface area (Å²) in [6.07, 6.45) is 2.87. The lowest BCUT2D eigenvalue weighted by Crippen LogP contribution is -2.43. The maximum absolute atomic E-state index is 13.7. The average molecular weight is 340 g/mol. The van der Waals surface area contributed by atoms with Gasteiger partial charge in [0.15, 0.2) is 5.78 Å². The minimum Gasteiger partial charge on any atom is -0.368 e. The molecule has 0 aliphatic heterocycles. The van der Waals surface area contributed by atoms with Crippen LogP contribution in [0, 0.1) is 40.3 Å². The molecule has 0 fully saturated rings. The van der Waals surface area contributed by atoms with E-state index >= 15 is 0 Å². The van der Waals surface area contributed by atoms with Gasteiger partial charge in [0.2, 0.25) is 0 Å². The highest BCUT2D eigenvalue weighted by Crippen LogP contribution is 2.45. The zero-order valence-electron chi connectivity index (χ0n) is 15.1. The Morgan fingerprint density at radius 1 is 1.40 bits per heavy atom. The molecule has 0 saturated carbocycles. The van der Waals surface area contributed by atoms with E-state index in [-0.39, 0.29) is 23.7 Å². The number of pyridine rings is 1. The highest BCUT2D eigenvalue weighted by molar-refractivity contribution is 6.04. The molecule has 25 heavy (non-hydrogen) atoms. The molecule has 1 aromatic rings. The van der Waals surface area contributed by atoms with Gasteiger partial charge in [0.1, 0.15) is 17.5 Å². The first-order valence-electron chi connectivity index (χ1n) is 8.05. The molecule has 1 aliphatic carbocycles. The SMILES string of the molecule is COC1(c2ncc(F)cc2C#CC(C)C)C=C(C#N)C(=O)C(C)(C)C1. The van der Waals surface area contributed by atoms with E-state index in [4.69, 9.17) is 4.74 Å². The Hall–Kier alpha value is -2.50. The van der Waals surface area contributed by atoms with Crippen LogP contribution in [0.15, 0.2) is 23.9 Å². The predicted octanol–water partition coefficient (Wildman–Crippen LogP) is 3.52. The number of ether oxygens (including phenoxy) is 1. The Morgan fingerprint density at radius 2 is 2.08 bits per heavy atom. The number of methoxy groups -OCH3 is 1. The van der Waals surface area contributed by atoms with Crippen molar-refractivity contribution in [3.63, 3.8) is 0 Å². The van der Waals surface area contributed by atoms with Gasteiger partial charge in [-0.25, -0.2) is 4.39 Å². The third-order valence-corrected chi connectivity index (χ3v) is 4.18. The van der Waals surface area contributed by atoms with E-state index in [0.29, 0.717) is 11.3 Å². The van der Waals surface area contributed by atoms with Crippen LogP contribution in [0.1, 0.15) is 45.4 Å². The number of Topliss-reactive ketones (excluding diaryl/α,β-unsaturated/α-hetero) is 1. The fraction of sp³-hybridized carbons (Fsp3) is 0.450. The molecule has 1 unspecified atom stereocenters.